The zero-order valence-electron chi connectivity index (χ0n) is 22.2. The first-order valence-electron chi connectivity index (χ1n) is 13.2. The predicted octanol–water partition coefficient (Wildman–Crippen LogP) is 4.16. The number of halogens is 2. The van der Waals surface area contributed by atoms with Gasteiger partial charge in [-0.2, -0.15) is 0 Å². The van der Waals surface area contributed by atoms with Gasteiger partial charge < -0.3 is 9.84 Å². The first-order chi connectivity index (χ1) is 19.0. The molecule has 2 saturated heterocycles. The lowest BCUT2D eigenvalue weighted by atomic mass is 9.56. The summed E-state index contributed by atoms with van der Waals surface area (Å²) < 4.78 is 5.32. The van der Waals surface area contributed by atoms with Crippen molar-refractivity contribution in [3.8, 4) is 11.5 Å². The van der Waals surface area contributed by atoms with Crippen molar-refractivity contribution in [3.63, 3.8) is 0 Å². The number of carbonyl (C=O) groups is 4. The fourth-order valence-electron chi connectivity index (χ4n) is 7.16. The maximum Gasteiger partial charge on any atom is 0.253 e. The fourth-order valence-corrected chi connectivity index (χ4v) is 8.17. The van der Waals surface area contributed by atoms with Crippen LogP contribution in [0.25, 0.3) is 0 Å². The molecule has 2 aromatic carbocycles. The molecule has 1 N–H and O–H groups in total. The number of para-hydroxylation sites is 1. The van der Waals surface area contributed by atoms with E-state index in [0.29, 0.717) is 11.3 Å². The summed E-state index contributed by atoms with van der Waals surface area (Å²) in [4.78, 5) is 53.1. The van der Waals surface area contributed by atoms with Crippen LogP contribution >= 0.6 is 23.2 Å². The van der Waals surface area contributed by atoms with Crippen molar-refractivity contribution in [2.75, 3.05) is 19.1 Å². The molecule has 8 nitrogen and oxygen atoms in total. The van der Waals surface area contributed by atoms with Crippen LogP contribution in [0.4, 0.5) is 5.69 Å². The predicted molar refractivity (Wildman–Crippen MR) is 148 cm³/mol. The summed E-state index contributed by atoms with van der Waals surface area (Å²) in [6.45, 7) is 2.02. The maximum atomic E-state index is 14.0. The molecular weight excluding hydrogens is 555 g/mol. The molecule has 2 heterocycles. The number of nitrogens with zero attached hydrogens (tertiary/aromatic N) is 2. The molecule has 4 amide bonds. The summed E-state index contributed by atoms with van der Waals surface area (Å²) in [5.74, 6) is -5.31. The molecule has 10 heteroatoms. The first-order valence-corrected chi connectivity index (χ1v) is 14.0. The topological polar surface area (TPSA) is 104 Å². The number of ether oxygens (including phenoxy) is 1. The number of hydrogen-bond donors (Lipinski definition) is 1. The van der Waals surface area contributed by atoms with E-state index in [9.17, 15) is 24.3 Å². The Hall–Kier alpha value is -3.36. The van der Waals surface area contributed by atoms with Crippen LogP contribution in [0, 0.1) is 17.8 Å². The van der Waals surface area contributed by atoms with Gasteiger partial charge in [0.15, 0.2) is 21.2 Å². The molecule has 0 unspecified atom stereocenters. The molecule has 0 spiro atoms. The summed E-state index contributed by atoms with van der Waals surface area (Å²) in [6.07, 6.45) is 2.79. The van der Waals surface area contributed by atoms with E-state index in [-0.39, 0.29) is 41.7 Å². The van der Waals surface area contributed by atoms with Gasteiger partial charge in [0, 0.05) is 18.5 Å². The number of alkyl halides is 2. The molecular formula is C30H28Cl2N2O6. The second kappa shape index (κ2) is 9.08. The molecule has 6 rings (SSSR count). The largest absolute Gasteiger partial charge is 0.504 e. The van der Waals surface area contributed by atoms with Gasteiger partial charge in [-0.15, -0.1) is 23.2 Å². The van der Waals surface area contributed by atoms with Crippen LogP contribution in [0.15, 0.2) is 54.1 Å². The number of likely N-dealkylation sites (tertiary alicyclic amines) is 1. The third-order valence-electron chi connectivity index (χ3n) is 9.18. The Balaban J connectivity index is 1.51. The van der Waals surface area contributed by atoms with Gasteiger partial charge >= 0.3 is 0 Å². The Morgan fingerprint density at radius 2 is 1.70 bits per heavy atom. The van der Waals surface area contributed by atoms with Crippen LogP contribution in [-0.4, -0.2) is 57.5 Å². The Labute approximate surface area is 241 Å². The highest BCUT2D eigenvalue weighted by molar-refractivity contribution is 6.53. The van der Waals surface area contributed by atoms with E-state index in [0.717, 1.165) is 16.9 Å². The molecule has 1 saturated carbocycles. The van der Waals surface area contributed by atoms with Crippen molar-refractivity contribution in [2.24, 2.45) is 17.8 Å². The molecule has 2 aromatic rings. The van der Waals surface area contributed by atoms with Crippen molar-refractivity contribution in [3.05, 3.63) is 65.2 Å². The van der Waals surface area contributed by atoms with Crippen molar-refractivity contribution >= 4 is 52.5 Å². The van der Waals surface area contributed by atoms with Gasteiger partial charge in [0.25, 0.3) is 11.8 Å². The molecule has 2 aliphatic heterocycles. The molecule has 0 bridgehead atoms. The Morgan fingerprint density at radius 1 is 1.00 bits per heavy atom. The number of fused-ring (bicyclic) bond motifs is 4. The number of allylic oxidation sites excluding steroid dienone is 2. The Morgan fingerprint density at radius 3 is 2.35 bits per heavy atom. The second-order valence-corrected chi connectivity index (χ2v) is 12.2. The van der Waals surface area contributed by atoms with E-state index in [4.69, 9.17) is 27.9 Å². The molecule has 2 aliphatic carbocycles. The van der Waals surface area contributed by atoms with Crippen molar-refractivity contribution in [1.29, 1.82) is 0 Å². The Bertz CT molecular complexity index is 1510. The number of amides is 4. The number of phenols is 1. The lowest BCUT2D eigenvalue weighted by molar-refractivity contribution is -0.138. The molecule has 40 heavy (non-hydrogen) atoms. The molecule has 0 radical (unpaired) electrons. The van der Waals surface area contributed by atoms with Crippen molar-refractivity contribution < 1.29 is 29.0 Å². The third kappa shape index (κ3) is 3.26. The number of imide groups is 2. The SMILES string of the molecule is CCc1ccc(N2C(=O)[C@H]3[C@H](CC=C4[C@H]3C[C@@]3(Cl)C(=O)N(C)C(=O)[C@@]3(Cl)[C@H]4c3cccc(OC)c3O)C2=O)cc1. The van der Waals surface area contributed by atoms with Crippen molar-refractivity contribution in [2.45, 2.75) is 41.9 Å². The normalized spacial score (nSPS) is 33.1. The summed E-state index contributed by atoms with van der Waals surface area (Å²) in [5.41, 5.74) is 2.43. The highest BCUT2D eigenvalue weighted by Crippen LogP contribution is 2.66. The number of aryl methyl sites for hydroxylation is 1. The monoisotopic (exact) mass is 582 g/mol. The van der Waals surface area contributed by atoms with E-state index in [1.54, 1.807) is 30.3 Å². The summed E-state index contributed by atoms with van der Waals surface area (Å²) in [7, 11) is 2.73. The minimum atomic E-state index is -1.97. The average molecular weight is 583 g/mol. The molecule has 6 atom stereocenters. The number of methoxy groups -OCH3 is 1. The minimum Gasteiger partial charge on any atom is -0.504 e. The van der Waals surface area contributed by atoms with Gasteiger partial charge in [0.1, 0.15) is 0 Å². The van der Waals surface area contributed by atoms with E-state index < -0.39 is 45.2 Å². The Kier molecular flexibility index (Phi) is 6.09. The van der Waals surface area contributed by atoms with E-state index >= 15 is 0 Å². The molecule has 208 valence electrons. The highest BCUT2D eigenvalue weighted by atomic mass is 35.5. The number of benzene rings is 2. The van der Waals surface area contributed by atoms with E-state index in [2.05, 4.69) is 0 Å². The number of aromatic hydroxyl groups is 1. The number of rotatable bonds is 4. The van der Waals surface area contributed by atoms with Crippen LogP contribution in [0.5, 0.6) is 11.5 Å². The maximum absolute atomic E-state index is 14.0. The molecule has 4 aliphatic rings. The zero-order valence-corrected chi connectivity index (χ0v) is 23.7. The van der Waals surface area contributed by atoms with Gasteiger partial charge in [-0.25, -0.2) is 0 Å². The van der Waals surface area contributed by atoms with Crippen LogP contribution in [0.1, 0.15) is 36.8 Å². The zero-order chi connectivity index (χ0) is 28.7. The number of hydrogen-bond acceptors (Lipinski definition) is 6. The summed E-state index contributed by atoms with van der Waals surface area (Å²) >= 11 is 14.3. The first kappa shape index (κ1) is 26.8. The van der Waals surface area contributed by atoms with Crippen LogP contribution in [0.3, 0.4) is 0 Å². The molecule has 3 fully saturated rings. The lowest BCUT2D eigenvalue weighted by Gasteiger charge is -2.50. The molecule has 0 aromatic heterocycles. The third-order valence-corrected chi connectivity index (χ3v) is 10.6. The average Bonchev–Trinajstić information content (AvgIpc) is 3.28. The number of carbonyl (C=O) groups excluding carboxylic acids is 4. The van der Waals surface area contributed by atoms with Gasteiger partial charge in [-0.05, 0) is 48.9 Å². The van der Waals surface area contributed by atoms with Crippen LogP contribution in [0.2, 0.25) is 0 Å². The van der Waals surface area contributed by atoms with Gasteiger partial charge in [0.05, 0.1) is 24.6 Å². The fraction of sp³-hybridized carbons (Fsp3) is 0.400. The van der Waals surface area contributed by atoms with Crippen molar-refractivity contribution in [1.82, 2.24) is 4.90 Å². The quantitative estimate of drug-likeness (QED) is 0.330. The summed E-state index contributed by atoms with van der Waals surface area (Å²) in [5, 5.41) is 11.2. The van der Waals surface area contributed by atoms with E-state index in [1.807, 2.05) is 25.1 Å². The van der Waals surface area contributed by atoms with Gasteiger partial charge in [-0.1, -0.05) is 42.8 Å². The number of anilines is 1. The van der Waals surface area contributed by atoms with Crippen LogP contribution in [-0.2, 0) is 25.6 Å². The van der Waals surface area contributed by atoms with E-state index in [1.165, 1.54) is 19.1 Å². The highest BCUT2D eigenvalue weighted by Gasteiger charge is 2.76. The second-order valence-electron chi connectivity index (χ2n) is 10.9. The van der Waals surface area contributed by atoms with Crippen LogP contribution < -0.4 is 9.64 Å². The standard InChI is InChI=1S/C30H28Cl2N2O6/c1-4-15-8-10-16(11-9-15)34-25(36)18-13-12-17-20(22(18)26(34)37)14-29(31)27(38)33(2)28(39)30(29,32)23(17)19-6-5-7-21(40-3)24(19)35/h5-12,18,20,22-23,35H,4,13-14H2,1-3H3/t18-,20+,22-,23+,29+,30-/m0/s1. The van der Waals surface area contributed by atoms with Gasteiger partial charge in [-0.3, -0.25) is 29.0 Å². The number of phenolic OH excluding ortho intramolecular Hbond substituents is 1. The lowest BCUT2D eigenvalue weighted by Crippen LogP contribution is -2.60. The smallest absolute Gasteiger partial charge is 0.253 e. The summed E-state index contributed by atoms with van der Waals surface area (Å²) in [6, 6.07) is 12.1. The minimum absolute atomic E-state index is 0.108. The van der Waals surface area contributed by atoms with Gasteiger partial charge in [0.2, 0.25) is 11.8 Å².